The minimum absolute atomic E-state index is 0.0400. The lowest BCUT2D eigenvalue weighted by Crippen LogP contribution is -2.43. The lowest BCUT2D eigenvalue weighted by Gasteiger charge is -2.14. The number of nitrogens with one attached hydrogen (secondary N) is 1. The highest BCUT2D eigenvalue weighted by Crippen LogP contribution is 1.91. The summed E-state index contributed by atoms with van der Waals surface area (Å²) < 4.78 is 0. The van der Waals surface area contributed by atoms with Crippen molar-refractivity contribution in [3.63, 3.8) is 0 Å². The van der Waals surface area contributed by atoms with Crippen molar-refractivity contribution in [2.45, 2.75) is 45.7 Å². The van der Waals surface area contributed by atoms with Crippen molar-refractivity contribution >= 4 is 5.91 Å². The summed E-state index contributed by atoms with van der Waals surface area (Å²) in [6.07, 6.45) is 1.64. The second-order valence-electron chi connectivity index (χ2n) is 2.83. The van der Waals surface area contributed by atoms with Gasteiger partial charge in [-0.1, -0.05) is 13.8 Å². The Hall–Kier alpha value is -0.570. The fraction of sp³-hybridized carbons (Fsp3) is 0.875. The zero-order chi connectivity index (χ0) is 8.85. The zero-order valence-electron chi connectivity index (χ0n) is 7.55. The second-order valence-corrected chi connectivity index (χ2v) is 2.83. The van der Waals surface area contributed by atoms with Gasteiger partial charge in [-0.05, 0) is 19.8 Å². The fourth-order valence-corrected chi connectivity index (χ4v) is 0.637. The quantitative estimate of drug-likeness (QED) is 0.630. The molecule has 0 saturated heterocycles. The molecule has 3 nitrogen and oxygen atoms in total. The van der Waals surface area contributed by atoms with Gasteiger partial charge in [0, 0.05) is 6.04 Å². The van der Waals surface area contributed by atoms with Crippen LogP contribution in [-0.4, -0.2) is 18.0 Å². The third kappa shape index (κ3) is 3.98. The van der Waals surface area contributed by atoms with Gasteiger partial charge in [0.1, 0.15) is 0 Å². The minimum Gasteiger partial charge on any atom is -0.352 e. The van der Waals surface area contributed by atoms with Gasteiger partial charge in [0.25, 0.3) is 0 Å². The first-order valence-corrected chi connectivity index (χ1v) is 4.17. The molecule has 0 bridgehead atoms. The summed E-state index contributed by atoms with van der Waals surface area (Å²) in [5.74, 6) is -0.0400. The van der Waals surface area contributed by atoms with Crippen LogP contribution in [0.3, 0.4) is 0 Å². The van der Waals surface area contributed by atoms with Gasteiger partial charge in [-0.15, -0.1) is 0 Å². The lowest BCUT2D eigenvalue weighted by atomic mass is 10.2. The normalized spacial score (nSPS) is 15.6. The molecule has 11 heavy (non-hydrogen) atoms. The van der Waals surface area contributed by atoms with E-state index in [2.05, 4.69) is 5.32 Å². The zero-order valence-corrected chi connectivity index (χ0v) is 7.55. The van der Waals surface area contributed by atoms with Crippen molar-refractivity contribution in [1.82, 2.24) is 5.32 Å². The first-order valence-electron chi connectivity index (χ1n) is 4.17. The number of carbonyl (C=O) groups excluding carboxylic acids is 1. The summed E-state index contributed by atoms with van der Waals surface area (Å²) in [5.41, 5.74) is 5.51. The molecule has 3 heteroatoms. The average Bonchev–Trinajstić information content (AvgIpc) is 2.02. The maximum absolute atomic E-state index is 11.1. The maximum Gasteiger partial charge on any atom is 0.237 e. The molecule has 0 aliphatic carbocycles. The molecule has 0 aromatic carbocycles. The summed E-state index contributed by atoms with van der Waals surface area (Å²) in [4.78, 5) is 11.1. The Balaban J connectivity index is 3.68. The average molecular weight is 158 g/mol. The maximum atomic E-state index is 11.1. The Labute approximate surface area is 68.3 Å². The van der Waals surface area contributed by atoms with Crippen molar-refractivity contribution < 1.29 is 4.79 Å². The highest BCUT2D eigenvalue weighted by atomic mass is 16.2. The predicted octanol–water partition coefficient (Wildman–Crippen LogP) is 0.638. The van der Waals surface area contributed by atoms with Gasteiger partial charge in [0.2, 0.25) is 5.91 Å². The van der Waals surface area contributed by atoms with E-state index in [4.69, 9.17) is 5.73 Å². The molecule has 0 aliphatic rings. The summed E-state index contributed by atoms with van der Waals surface area (Å²) in [6, 6.07) is -0.107. The van der Waals surface area contributed by atoms with Gasteiger partial charge in [-0.2, -0.15) is 0 Å². The van der Waals surface area contributed by atoms with Crippen molar-refractivity contribution in [2.24, 2.45) is 5.73 Å². The van der Waals surface area contributed by atoms with E-state index in [0.29, 0.717) is 6.42 Å². The van der Waals surface area contributed by atoms with E-state index in [-0.39, 0.29) is 18.0 Å². The molecule has 0 aliphatic heterocycles. The first-order chi connectivity index (χ1) is 5.11. The van der Waals surface area contributed by atoms with Crippen molar-refractivity contribution in [3.05, 3.63) is 0 Å². The van der Waals surface area contributed by atoms with Gasteiger partial charge >= 0.3 is 0 Å². The van der Waals surface area contributed by atoms with Gasteiger partial charge < -0.3 is 11.1 Å². The molecule has 0 rings (SSSR count). The summed E-state index contributed by atoms with van der Waals surface area (Å²) >= 11 is 0. The van der Waals surface area contributed by atoms with Crippen LogP contribution in [-0.2, 0) is 4.79 Å². The highest BCUT2D eigenvalue weighted by molar-refractivity contribution is 5.81. The first kappa shape index (κ1) is 10.4. The number of hydrogen-bond donors (Lipinski definition) is 2. The monoisotopic (exact) mass is 158 g/mol. The number of rotatable bonds is 4. The number of hydrogen-bond acceptors (Lipinski definition) is 2. The van der Waals surface area contributed by atoms with Crippen LogP contribution < -0.4 is 11.1 Å². The molecule has 0 aromatic rings. The van der Waals surface area contributed by atoms with E-state index in [1.165, 1.54) is 0 Å². The fourth-order valence-electron chi connectivity index (χ4n) is 0.637. The molecule has 66 valence electrons. The minimum atomic E-state index is -0.344. The number of carbonyl (C=O) groups is 1. The Bertz CT molecular complexity index is 125. The van der Waals surface area contributed by atoms with Crippen LogP contribution >= 0.6 is 0 Å². The van der Waals surface area contributed by atoms with Gasteiger partial charge in [-0.3, -0.25) is 4.79 Å². The third-order valence-electron chi connectivity index (χ3n) is 1.78. The Morgan fingerprint density at radius 2 is 2.00 bits per heavy atom. The lowest BCUT2D eigenvalue weighted by molar-refractivity contribution is -0.123. The molecule has 0 saturated carbocycles. The van der Waals surface area contributed by atoms with E-state index in [9.17, 15) is 4.79 Å². The van der Waals surface area contributed by atoms with E-state index >= 15 is 0 Å². The van der Waals surface area contributed by atoms with Crippen LogP contribution in [0, 0.1) is 0 Å². The van der Waals surface area contributed by atoms with Crippen LogP contribution in [0.5, 0.6) is 0 Å². The Kier molecular flexibility index (Phi) is 4.86. The molecule has 0 spiro atoms. The predicted molar refractivity (Wildman–Crippen MR) is 46.2 cm³/mol. The van der Waals surface area contributed by atoms with E-state index < -0.39 is 0 Å². The van der Waals surface area contributed by atoms with E-state index in [1.54, 1.807) is 0 Å². The molecule has 2 atom stereocenters. The van der Waals surface area contributed by atoms with Crippen LogP contribution in [0.15, 0.2) is 0 Å². The molecular formula is C8H18N2O. The van der Waals surface area contributed by atoms with Crippen molar-refractivity contribution in [2.75, 3.05) is 0 Å². The molecule has 0 aromatic heterocycles. The second kappa shape index (κ2) is 5.13. The Morgan fingerprint density at radius 1 is 1.45 bits per heavy atom. The molecule has 1 amide bonds. The van der Waals surface area contributed by atoms with Crippen molar-refractivity contribution in [3.8, 4) is 0 Å². The molecule has 0 fully saturated rings. The van der Waals surface area contributed by atoms with Crippen LogP contribution in [0.25, 0.3) is 0 Å². The smallest absolute Gasteiger partial charge is 0.237 e. The van der Waals surface area contributed by atoms with E-state index in [0.717, 1.165) is 6.42 Å². The highest BCUT2D eigenvalue weighted by Gasteiger charge is 2.11. The molecular weight excluding hydrogens is 140 g/mol. The number of nitrogens with two attached hydrogens (primary N) is 1. The van der Waals surface area contributed by atoms with Gasteiger partial charge in [-0.25, -0.2) is 0 Å². The van der Waals surface area contributed by atoms with E-state index in [1.807, 2.05) is 20.8 Å². The van der Waals surface area contributed by atoms with Crippen LogP contribution in [0.2, 0.25) is 0 Å². The molecule has 0 heterocycles. The standard InChI is InChI=1S/C8H18N2O/c1-4-6(3)10-8(11)7(9)5-2/h6-7H,4-5,9H2,1-3H3,(H,10,11). The van der Waals surface area contributed by atoms with Gasteiger partial charge in [0.05, 0.1) is 6.04 Å². The third-order valence-corrected chi connectivity index (χ3v) is 1.78. The van der Waals surface area contributed by atoms with Crippen LogP contribution in [0.1, 0.15) is 33.6 Å². The van der Waals surface area contributed by atoms with Gasteiger partial charge in [0.15, 0.2) is 0 Å². The summed E-state index contributed by atoms with van der Waals surface area (Å²) in [5, 5.41) is 2.82. The summed E-state index contributed by atoms with van der Waals surface area (Å²) in [6.45, 7) is 5.91. The topological polar surface area (TPSA) is 55.1 Å². The molecule has 2 unspecified atom stereocenters. The number of amides is 1. The molecule has 3 N–H and O–H groups in total. The van der Waals surface area contributed by atoms with Crippen LogP contribution in [0.4, 0.5) is 0 Å². The molecule has 0 radical (unpaired) electrons. The largest absolute Gasteiger partial charge is 0.352 e. The summed E-state index contributed by atoms with van der Waals surface area (Å²) in [7, 11) is 0. The Morgan fingerprint density at radius 3 is 2.36 bits per heavy atom. The SMILES string of the molecule is CCC(C)NC(=O)C(N)CC. The van der Waals surface area contributed by atoms with Crippen molar-refractivity contribution in [1.29, 1.82) is 0 Å².